The standard InChI is InChI=1S/C22H30N4O3.HI/c1-5-29-20-15-18(11-12-19(20)28-4)25-22(24-16-21(27)26(2)3)23-14-13-17-9-7-6-8-10-17;/h6-12,15H,5,13-14,16H2,1-4H3,(H2,23,24,25);1H. The van der Waals surface area contributed by atoms with Crippen molar-refractivity contribution in [2.45, 2.75) is 13.3 Å². The molecule has 0 aliphatic heterocycles. The first kappa shape index (κ1) is 25.5. The van der Waals surface area contributed by atoms with Gasteiger partial charge in [0, 0.05) is 32.4 Å². The summed E-state index contributed by atoms with van der Waals surface area (Å²) in [5, 5.41) is 6.53. The number of guanidine groups is 1. The summed E-state index contributed by atoms with van der Waals surface area (Å²) in [5.74, 6) is 1.77. The number of hydrogen-bond acceptors (Lipinski definition) is 4. The minimum Gasteiger partial charge on any atom is -0.493 e. The van der Waals surface area contributed by atoms with Crippen LogP contribution in [0.1, 0.15) is 12.5 Å². The normalized spacial score (nSPS) is 10.6. The van der Waals surface area contributed by atoms with Crippen LogP contribution in [-0.2, 0) is 11.2 Å². The van der Waals surface area contributed by atoms with Gasteiger partial charge >= 0.3 is 0 Å². The van der Waals surface area contributed by atoms with Crippen molar-refractivity contribution in [3.05, 3.63) is 54.1 Å². The Morgan fingerprint density at radius 3 is 2.47 bits per heavy atom. The Balaban J connectivity index is 0.00000450. The Kier molecular flexibility index (Phi) is 11.7. The SMILES string of the molecule is CCOc1cc(NC(=NCC(=O)N(C)C)NCCc2ccccc2)ccc1OC.I. The lowest BCUT2D eigenvalue weighted by Crippen LogP contribution is -2.34. The monoisotopic (exact) mass is 526 g/mol. The highest BCUT2D eigenvalue weighted by atomic mass is 127. The first-order valence-electron chi connectivity index (χ1n) is 9.63. The van der Waals surface area contributed by atoms with Crippen molar-refractivity contribution < 1.29 is 14.3 Å². The van der Waals surface area contributed by atoms with E-state index in [-0.39, 0.29) is 36.4 Å². The van der Waals surface area contributed by atoms with Crippen LogP contribution >= 0.6 is 24.0 Å². The third kappa shape index (κ3) is 8.48. The average molecular weight is 526 g/mol. The predicted octanol–water partition coefficient (Wildman–Crippen LogP) is 3.40. The van der Waals surface area contributed by atoms with Crippen molar-refractivity contribution >= 4 is 41.5 Å². The lowest BCUT2D eigenvalue weighted by atomic mass is 10.1. The maximum Gasteiger partial charge on any atom is 0.243 e. The van der Waals surface area contributed by atoms with E-state index < -0.39 is 0 Å². The number of methoxy groups -OCH3 is 1. The van der Waals surface area contributed by atoms with E-state index in [0.717, 1.165) is 12.1 Å². The molecule has 7 nitrogen and oxygen atoms in total. The van der Waals surface area contributed by atoms with Gasteiger partial charge in [-0.05, 0) is 31.0 Å². The van der Waals surface area contributed by atoms with Gasteiger partial charge < -0.3 is 25.0 Å². The number of nitrogens with zero attached hydrogens (tertiary/aromatic N) is 2. The van der Waals surface area contributed by atoms with Crippen LogP contribution in [-0.4, -0.2) is 57.7 Å². The minimum absolute atomic E-state index is 0. The van der Waals surface area contributed by atoms with Crippen LogP contribution in [0.5, 0.6) is 11.5 Å². The molecule has 0 atom stereocenters. The Morgan fingerprint density at radius 2 is 1.83 bits per heavy atom. The molecule has 0 saturated carbocycles. The van der Waals surface area contributed by atoms with Crippen LogP contribution in [0.25, 0.3) is 0 Å². The zero-order valence-electron chi connectivity index (χ0n) is 18.0. The van der Waals surface area contributed by atoms with E-state index in [2.05, 4.69) is 27.8 Å². The molecule has 0 aromatic heterocycles. The van der Waals surface area contributed by atoms with Crippen molar-refractivity contribution in [1.29, 1.82) is 0 Å². The average Bonchev–Trinajstić information content (AvgIpc) is 2.72. The van der Waals surface area contributed by atoms with E-state index in [1.54, 1.807) is 21.2 Å². The van der Waals surface area contributed by atoms with Gasteiger partial charge in [0.1, 0.15) is 6.54 Å². The molecule has 0 heterocycles. The summed E-state index contributed by atoms with van der Waals surface area (Å²) >= 11 is 0. The summed E-state index contributed by atoms with van der Waals surface area (Å²) in [6.45, 7) is 3.19. The number of rotatable bonds is 9. The summed E-state index contributed by atoms with van der Waals surface area (Å²) in [4.78, 5) is 17.9. The lowest BCUT2D eigenvalue weighted by Gasteiger charge is -2.16. The molecule has 8 heteroatoms. The molecule has 30 heavy (non-hydrogen) atoms. The van der Waals surface area contributed by atoms with E-state index in [0.29, 0.717) is 30.6 Å². The largest absolute Gasteiger partial charge is 0.493 e. The van der Waals surface area contributed by atoms with Crippen LogP contribution < -0.4 is 20.1 Å². The number of halogens is 1. The van der Waals surface area contributed by atoms with Crippen molar-refractivity contribution in [3.63, 3.8) is 0 Å². The van der Waals surface area contributed by atoms with Crippen LogP contribution in [0.15, 0.2) is 53.5 Å². The van der Waals surface area contributed by atoms with Gasteiger partial charge in [-0.1, -0.05) is 30.3 Å². The second-order valence-electron chi connectivity index (χ2n) is 6.54. The smallest absolute Gasteiger partial charge is 0.243 e. The first-order chi connectivity index (χ1) is 14.0. The van der Waals surface area contributed by atoms with Crippen LogP contribution in [0, 0.1) is 0 Å². The van der Waals surface area contributed by atoms with Crippen LogP contribution in [0.3, 0.4) is 0 Å². The molecule has 0 radical (unpaired) electrons. The molecule has 0 aliphatic rings. The highest BCUT2D eigenvalue weighted by Gasteiger charge is 2.09. The molecule has 0 spiro atoms. The van der Waals surface area contributed by atoms with E-state index in [4.69, 9.17) is 9.47 Å². The Bertz CT molecular complexity index is 813. The van der Waals surface area contributed by atoms with Gasteiger partial charge in [0.25, 0.3) is 0 Å². The molecule has 0 fully saturated rings. The number of ether oxygens (including phenoxy) is 2. The highest BCUT2D eigenvalue weighted by Crippen LogP contribution is 2.30. The molecular weight excluding hydrogens is 495 g/mol. The number of hydrogen-bond donors (Lipinski definition) is 2. The third-order valence-corrected chi connectivity index (χ3v) is 4.15. The van der Waals surface area contributed by atoms with E-state index in [1.807, 2.05) is 43.3 Å². The summed E-state index contributed by atoms with van der Waals surface area (Å²) in [7, 11) is 5.03. The number of carbonyl (C=O) groups excluding carboxylic acids is 1. The topological polar surface area (TPSA) is 75.2 Å². The van der Waals surface area contributed by atoms with E-state index in [1.165, 1.54) is 10.5 Å². The summed E-state index contributed by atoms with van der Waals surface area (Å²) < 4.78 is 11.0. The molecule has 0 unspecified atom stereocenters. The molecule has 2 rings (SSSR count). The van der Waals surface area contributed by atoms with Crippen molar-refractivity contribution in [3.8, 4) is 11.5 Å². The van der Waals surface area contributed by atoms with Gasteiger partial charge in [-0.25, -0.2) is 4.99 Å². The van der Waals surface area contributed by atoms with Gasteiger partial charge in [-0.15, -0.1) is 24.0 Å². The molecule has 0 saturated heterocycles. The second kappa shape index (κ2) is 13.7. The summed E-state index contributed by atoms with van der Waals surface area (Å²) in [6, 6.07) is 15.8. The molecule has 2 aromatic carbocycles. The number of amides is 1. The second-order valence-corrected chi connectivity index (χ2v) is 6.54. The number of nitrogens with one attached hydrogen (secondary N) is 2. The molecule has 164 valence electrons. The van der Waals surface area contributed by atoms with Crippen molar-refractivity contribution in [1.82, 2.24) is 10.2 Å². The maximum atomic E-state index is 11.9. The molecule has 0 bridgehead atoms. The van der Waals surface area contributed by atoms with Gasteiger partial charge in [0.15, 0.2) is 17.5 Å². The number of benzene rings is 2. The summed E-state index contributed by atoms with van der Waals surface area (Å²) in [5.41, 5.74) is 2.02. The Labute approximate surface area is 195 Å². The molecule has 2 N–H and O–H groups in total. The molecule has 0 aliphatic carbocycles. The number of anilines is 1. The Hall–Kier alpha value is -2.49. The zero-order chi connectivity index (χ0) is 21.1. The van der Waals surface area contributed by atoms with E-state index in [9.17, 15) is 4.79 Å². The maximum absolute atomic E-state index is 11.9. The fourth-order valence-electron chi connectivity index (χ4n) is 2.56. The van der Waals surface area contributed by atoms with Crippen molar-refractivity contribution in [2.24, 2.45) is 4.99 Å². The molecular formula is C22H31IN4O3. The quantitative estimate of drug-likeness (QED) is 0.298. The minimum atomic E-state index is -0.0705. The van der Waals surface area contributed by atoms with Gasteiger partial charge in [-0.3, -0.25) is 4.79 Å². The zero-order valence-corrected chi connectivity index (χ0v) is 20.3. The van der Waals surface area contributed by atoms with E-state index >= 15 is 0 Å². The lowest BCUT2D eigenvalue weighted by molar-refractivity contribution is -0.127. The third-order valence-electron chi connectivity index (χ3n) is 4.15. The van der Waals surface area contributed by atoms with Gasteiger partial charge in [0.05, 0.1) is 13.7 Å². The Morgan fingerprint density at radius 1 is 1.10 bits per heavy atom. The van der Waals surface area contributed by atoms with Crippen molar-refractivity contribution in [2.75, 3.05) is 46.2 Å². The van der Waals surface area contributed by atoms with Crippen LogP contribution in [0.2, 0.25) is 0 Å². The first-order valence-corrected chi connectivity index (χ1v) is 9.63. The predicted molar refractivity (Wildman–Crippen MR) is 132 cm³/mol. The highest BCUT2D eigenvalue weighted by molar-refractivity contribution is 14.0. The number of carbonyl (C=O) groups is 1. The number of aliphatic imine (C=N–C) groups is 1. The van der Waals surface area contributed by atoms with Gasteiger partial charge in [-0.2, -0.15) is 0 Å². The fourth-order valence-corrected chi connectivity index (χ4v) is 2.56. The molecule has 1 amide bonds. The molecule has 2 aromatic rings. The van der Waals surface area contributed by atoms with Crippen LogP contribution in [0.4, 0.5) is 5.69 Å². The summed E-state index contributed by atoms with van der Waals surface area (Å²) in [6.07, 6.45) is 0.843. The fraction of sp³-hybridized carbons (Fsp3) is 0.364. The number of likely N-dealkylation sites (N-methyl/N-ethyl adjacent to an activating group) is 1. The van der Waals surface area contributed by atoms with Gasteiger partial charge in [0.2, 0.25) is 5.91 Å².